The fourth-order valence-corrected chi connectivity index (χ4v) is 1.94. The molecule has 0 aliphatic carbocycles. The molecule has 0 fully saturated rings. The van der Waals surface area contributed by atoms with Crippen molar-refractivity contribution < 1.29 is 0 Å². The van der Waals surface area contributed by atoms with Gasteiger partial charge in [-0.05, 0) is 19.9 Å². The predicted molar refractivity (Wildman–Crippen MR) is 58.1 cm³/mol. The zero-order valence-electron chi connectivity index (χ0n) is 8.47. The fourth-order valence-electron chi connectivity index (χ4n) is 1.20. The Balaban J connectivity index is 2.10. The van der Waals surface area contributed by atoms with E-state index < -0.39 is 0 Å². The SMILES string of the molecule is CCCCCNCc1scnc1C. The van der Waals surface area contributed by atoms with Crippen LogP contribution in [-0.2, 0) is 6.54 Å². The zero-order chi connectivity index (χ0) is 9.52. The summed E-state index contributed by atoms with van der Waals surface area (Å²) in [7, 11) is 0. The largest absolute Gasteiger partial charge is 0.312 e. The highest BCUT2D eigenvalue weighted by Gasteiger charge is 1.99. The van der Waals surface area contributed by atoms with Crippen LogP contribution < -0.4 is 5.32 Å². The first-order valence-electron chi connectivity index (χ1n) is 4.94. The Morgan fingerprint density at radius 1 is 1.46 bits per heavy atom. The second-order valence-electron chi connectivity index (χ2n) is 3.24. The van der Waals surface area contributed by atoms with Crippen LogP contribution in [0, 0.1) is 6.92 Å². The first kappa shape index (κ1) is 10.7. The zero-order valence-corrected chi connectivity index (χ0v) is 9.28. The van der Waals surface area contributed by atoms with E-state index in [2.05, 4.69) is 24.1 Å². The Morgan fingerprint density at radius 3 is 2.92 bits per heavy atom. The molecular weight excluding hydrogens is 180 g/mol. The van der Waals surface area contributed by atoms with Crippen molar-refractivity contribution >= 4 is 11.3 Å². The van der Waals surface area contributed by atoms with Crippen LogP contribution in [0.5, 0.6) is 0 Å². The first-order valence-corrected chi connectivity index (χ1v) is 5.82. The van der Waals surface area contributed by atoms with E-state index in [0.29, 0.717) is 0 Å². The number of hydrogen-bond acceptors (Lipinski definition) is 3. The van der Waals surface area contributed by atoms with Crippen LogP contribution in [-0.4, -0.2) is 11.5 Å². The third-order valence-electron chi connectivity index (χ3n) is 2.09. The average Bonchev–Trinajstić information content (AvgIpc) is 2.52. The van der Waals surface area contributed by atoms with Crippen molar-refractivity contribution in [2.75, 3.05) is 6.54 Å². The molecule has 0 saturated carbocycles. The Morgan fingerprint density at radius 2 is 2.31 bits per heavy atom. The maximum Gasteiger partial charge on any atom is 0.0798 e. The van der Waals surface area contributed by atoms with Crippen LogP contribution in [0.4, 0.5) is 0 Å². The van der Waals surface area contributed by atoms with Crippen molar-refractivity contribution in [1.29, 1.82) is 0 Å². The second-order valence-corrected chi connectivity index (χ2v) is 4.18. The summed E-state index contributed by atoms with van der Waals surface area (Å²) in [6, 6.07) is 0. The Hall–Kier alpha value is -0.410. The lowest BCUT2D eigenvalue weighted by Crippen LogP contribution is -2.14. The molecule has 1 N–H and O–H groups in total. The Bertz CT molecular complexity index is 233. The Labute approximate surface area is 84.4 Å². The summed E-state index contributed by atoms with van der Waals surface area (Å²) in [6.45, 7) is 6.41. The molecule has 1 heterocycles. The fraction of sp³-hybridized carbons (Fsp3) is 0.700. The predicted octanol–water partition coefficient (Wildman–Crippen LogP) is 2.73. The van der Waals surface area contributed by atoms with Crippen LogP contribution in [0.25, 0.3) is 0 Å². The summed E-state index contributed by atoms with van der Waals surface area (Å²) in [5, 5.41) is 3.43. The number of nitrogens with zero attached hydrogens (tertiary/aromatic N) is 1. The molecule has 1 aromatic heterocycles. The van der Waals surface area contributed by atoms with Gasteiger partial charge in [0, 0.05) is 11.4 Å². The van der Waals surface area contributed by atoms with Gasteiger partial charge in [0.15, 0.2) is 0 Å². The van der Waals surface area contributed by atoms with Gasteiger partial charge in [-0.2, -0.15) is 0 Å². The van der Waals surface area contributed by atoms with Gasteiger partial charge in [0.05, 0.1) is 11.2 Å². The standard InChI is InChI=1S/C10H18N2S/c1-3-4-5-6-11-7-10-9(2)12-8-13-10/h8,11H,3-7H2,1-2H3. The van der Waals surface area contributed by atoms with Gasteiger partial charge in [-0.15, -0.1) is 11.3 Å². The summed E-state index contributed by atoms with van der Waals surface area (Å²) in [6.07, 6.45) is 3.91. The number of thiazole rings is 1. The molecule has 0 aromatic carbocycles. The molecule has 13 heavy (non-hydrogen) atoms. The summed E-state index contributed by atoms with van der Waals surface area (Å²) in [5.74, 6) is 0. The number of rotatable bonds is 6. The van der Waals surface area contributed by atoms with E-state index >= 15 is 0 Å². The quantitative estimate of drug-likeness (QED) is 0.711. The highest BCUT2D eigenvalue weighted by Crippen LogP contribution is 2.10. The molecule has 1 aromatic rings. The molecule has 0 amide bonds. The summed E-state index contributed by atoms with van der Waals surface area (Å²) >= 11 is 1.74. The molecule has 0 aliphatic heterocycles. The highest BCUT2D eigenvalue weighted by molar-refractivity contribution is 7.09. The minimum atomic E-state index is 0.986. The van der Waals surface area contributed by atoms with E-state index in [0.717, 1.165) is 13.1 Å². The molecule has 0 atom stereocenters. The number of aromatic nitrogens is 1. The third-order valence-corrected chi connectivity index (χ3v) is 3.02. The lowest BCUT2D eigenvalue weighted by atomic mass is 10.2. The number of nitrogens with one attached hydrogen (secondary N) is 1. The summed E-state index contributed by atoms with van der Waals surface area (Å²) < 4.78 is 0. The molecule has 3 heteroatoms. The molecule has 2 nitrogen and oxygen atoms in total. The molecule has 0 spiro atoms. The first-order chi connectivity index (χ1) is 6.34. The van der Waals surface area contributed by atoms with E-state index in [1.165, 1.54) is 29.8 Å². The van der Waals surface area contributed by atoms with E-state index in [-0.39, 0.29) is 0 Å². The van der Waals surface area contributed by atoms with Crippen molar-refractivity contribution in [3.8, 4) is 0 Å². The normalized spacial score (nSPS) is 10.6. The molecule has 1 rings (SSSR count). The maximum absolute atomic E-state index is 4.21. The molecule has 74 valence electrons. The van der Waals surface area contributed by atoms with Crippen molar-refractivity contribution in [3.05, 3.63) is 16.1 Å². The van der Waals surface area contributed by atoms with E-state index in [1.54, 1.807) is 11.3 Å². The van der Waals surface area contributed by atoms with Crippen LogP contribution >= 0.6 is 11.3 Å². The van der Waals surface area contributed by atoms with Gasteiger partial charge < -0.3 is 5.32 Å². The number of hydrogen-bond donors (Lipinski definition) is 1. The van der Waals surface area contributed by atoms with Gasteiger partial charge in [0.2, 0.25) is 0 Å². The van der Waals surface area contributed by atoms with E-state index in [9.17, 15) is 0 Å². The van der Waals surface area contributed by atoms with Gasteiger partial charge in [-0.3, -0.25) is 0 Å². The van der Waals surface area contributed by atoms with Crippen molar-refractivity contribution in [2.45, 2.75) is 39.7 Å². The molecule has 0 unspecified atom stereocenters. The van der Waals surface area contributed by atoms with Crippen LogP contribution in [0.2, 0.25) is 0 Å². The lowest BCUT2D eigenvalue weighted by Gasteiger charge is -2.02. The molecule has 0 radical (unpaired) electrons. The van der Waals surface area contributed by atoms with Gasteiger partial charge in [-0.1, -0.05) is 19.8 Å². The lowest BCUT2D eigenvalue weighted by molar-refractivity contribution is 0.618. The Kier molecular flexibility index (Phi) is 5.01. The van der Waals surface area contributed by atoms with Crippen LogP contribution in [0.1, 0.15) is 36.8 Å². The van der Waals surface area contributed by atoms with Gasteiger partial charge in [0.25, 0.3) is 0 Å². The monoisotopic (exact) mass is 198 g/mol. The summed E-state index contributed by atoms with van der Waals surface area (Å²) in [4.78, 5) is 5.58. The summed E-state index contributed by atoms with van der Waals surface area (Å²) in [5.41, 5.74) is 3.09. The number of unbranched alkanes of at least 4 members (excludes halogenated alkanes) is 2. The molecule has 0 aliphatic rings. The van der Waals surface area contributed by atoms with E-state index in [1.807, 2.05) is 5.51 Å². The van der Waals surface area contributed by atoms with E-state index in [4.69, 9.17) is 0 Å². The van der Waals surface area contributed by atoms with Crippen LogP contribution in [0.3, 0.4) is 0 Å². The molecular formula is C10H18N2S. The van der Waals surface area contributed by atoms with Crippen LogP contribution in [0.15, 0.2) is 5.51 Å². The number of aryl methyl sites for hydroxylation is 1. The topological polar surface area (TPSA) is 24.9 Å². The minimum absolute atomic E-state index is 0.986. The average molecular weight is 198 g/mol. The third kappa shape index (κ3) is 3.87. The van der Waals surface area contributed by atoms with Gasteiger partial charge in [0.1, 0.15) is 0 Å². The van der Waals surface area contributed by atoms with Gasteiger partial charge >= 0.3 is 0 Å². The van der Waals surface area contributed by atoms with Crippen molar-refractivity contribution in [2.24, 2.45) is 0 Å². The second kappa shape index (κ2) is 6.11. The van der Waals surface area contributed by atoms with Gasteiger partial charge in [-0.25, -0.2) is 4.98 Å². The molecule has 0 saturated heterocycles. The maximum atomic E-state index is 4.21. The van der Waals surface area contributed by atoms with Crippen molar-refractivity contribution in [3.63, 3.8) is 0 Å². The smallest absolute Gasteiger partial charge is 0.0798 e. The van der Waals surface area contributed by atoms with Crippen molar-refractivity contribution in [1.82, 2.24) is 10.3 Å². The minimum Gasteiger partial charge on any atom is -0.312 e. The highest BCUT2D eigenvalue weighted by atomic mass is 32.1. The molecule has 0 bridgehead atoms.